The van der Waals surface area contributed by atoms with E-state index in [1.807, 2.05) is 0 Å². The number of carbonyl (C=O) groups is 4. The van der Waals surface area contributed by atoms with Crippen LogP contribution in [0, 0.1) is 5.92 Å². The van der Waals surface area contributed by atoms with Gasteiger partial charge in [-0.25, -0.2) is 4.79 Å². The molecule has 1 saturated heterocycles. The van der Waals surface area contributed by atoms with Gasteiger partial charge in [-0.1, -0.05) is 13.8 Å². The molecule has 0 aromatic heterocycles. The molecule has 1 fully saturated rings. The Hall–Kier alpha value is -1.96. The lowest BCUT2D eigenvalue weighted by Gasteiger charge is -2.26. The number of hydrogen-bond donors (Lipinski definition) is 1. The van der Waals surface area contributed by atoms with Crippen LogP contribution in [0.15, 0.2) is 0 Å². The topological polar surface area (TPSA) is 96.0 Å². The van der Waals surface area contributed by atoms with Crippen molar-refractivity contribution >= 4 is 23.7 Å². The maximum Gasteiger partial charge on any atom is 0.355 e. The van der Waals surface area contributed by atoms with Crippen molar-refractivity contribution in [3.05, 3.63) is 0 Å². The van der Waals surface area contributed by atoms with Gasteiger partial charge in [0.05, 0.1) is 6.04 Å². The van der Waals surface area contributed by atoms with Gasteiger partial charge in [-0.3, -0.25) is 19.3 Å². The van der Waals surface area contributed by atoms with Crippen LogP contribution in [0.3, 0.4) is 0 Å². The van der Waals surface area contributed by atoms with Crippen molar-refractivity contribution in [3.8, 4) is 0 Å². The van der Waals surface area contributed by atoms with Crippen LogP contribution in [0.4, 0.5) is 0 Å². The van der Waals surface area contributed by atoms with Gasteiger partial charge in [0.15, 0.2) is 0 Å². The molecule has 0 aromatic carbocycles. The highest BCUT2D eigenvalue weighted by Crippen LogP contribution is 2.14. The van der Waals surface area contributed by atoms with Gasteiger partial charge in [-0.15, -0.1) is 5.06 Å². The summed E-state index contributed by atoms with van der Waals surface area (Å²) >= 11 is 0. The number of nitrogens with one attached hydrogen (secondary N) is 1. The molecule has 0 aromatic rings. The SMILES string of the molecule is [2H]C([2H])([2H])N(C)C(C)C(=[18O])NC(C(=O)ON1C(=O)CCC1=O)C(C)C. The largest absolute Gasteiger partial charge is 0.355 e. The number of amides is 3. The second-order valence-corrected chi connectivity index (χ2v) is 5.51. The monoisotopic (exact) mass is 318 g/mol. The van der Waals surface area contributed by atoms with Crippen molar-refractivity contribution in [1.29, 1.82) is 0 Å². The Kier molecular flexibility index (Phi) is 4.57. The first kappa shape index (κ1) is 13.7. The molecule has 1 rings (SSSR count). The van der Waals surface area contributed by atoms with Gasteiger partial charge < -0.3 is 10.2 Å². The number of carbonyl (C=O) groups excluding carboxylic acids is 4. The number of likely N-dealkylation sites (N-methyl/N-ethyl adjacent to an activating group) is 1. The van der Waals surface area contributed by atoms with Crippen molar-refractivity contribution in [3.63, 3.8) is 0 Å². The molecule has 1 heterocycles. The highest BCUT2D eigenvalue weighted by atomic mass is 18.1. The standard InChI is InChI=1S/C14H23N3O5/c1-8(2)12(15-13(20)9(3)16(4)5)14(21)22-17-10(18)6-7-11(17)19/h8-9,12H,6-7H2,1-5H3,(H,15,20)/i4D3,20+2. The van der Waals surface area contributed by atoms with E-state index in [2.05, 4.69) is 5.32 Å². The van der Waals surface area contributed by atoms with Gasteiger partial charge in [-0.05, 0) is 26.9 Å². The zero-order valence-corrected chi connectivity index (χ0v) is 13.1. The number of imide groups is 1. The van der Waals surface area contributed by atoms with Crippen LogP contribution in [0.2, 0.25) is 0 Å². The van der Waals surface area contributed by atoms with E-state index in [0.29, 0.717) is 5.06 Å². The Labute approximate surface area is 133 Å². The lowest BCUT2D eigenvalue weighted by atomic mass is 10.0. The number of nitrogens with zero attached hydrogens (tertiary/aromatic N) is 2. The van der Waals surface area contributed by atoms with Crippen LogP contribution >= 0.6 is 0 Å². The molecule has 22 heavy (non-hydrogen) atoms. The van der Waals surface area contributed by atoms with E-state index in [9.17, 15) is 19.2 Å². The van der Waals surface area contributed by atoms with Gasteiger partial charge in [0, 0.05) is 17.0 Å². The van der Waals surface area contributed by atoms with Gasteiger partial charge >= 0.3 is 5.97 Å². The van der Waals surface area contributed by atoms with Crippen LogP contribution in [-0.4, -0.2) is 59.8 Å². The van der Waals surface area contributed by atoms with Gasteiger partial charge in [-0.2, -0.15) is 0 Å². The van der Waals surface area contributed by atoms with Crippen molar-refractivity contribution in [2.45, 2.75) is 45.7 Å². The molecule has 0 aliphatic carbocycles. The quantitative estimate of drug-likeness (QED) is 0.533. The molecule has 1 aliphatic heterocycles. The van der Waals surface area contributed by atoms with Gasteiger partial charge in [0.1, 0.15) is 6.04 Å². The molecule has 0 spiro atoms. The van der Waals surface area contributed by atoms with Crippen LogP contribution in [0.25, 0.3) is 0 Å². The molecule has 1 N–H and O–H groups in total. The average Bonchev–Trinajstić information content (AvgIpc) is 2.81. The summed E-state index contributed by atoms with van der Waals surface area (Å²) in [7, 11) is 1.27. The fourth-order valence-electron chi connectivity index (χ4n) is 1.75. The second-order valence-electron chi connectivity index (χ2n) is 5.51. The van der Waals surface area contributed by atoms with Crippen molar-refractivity contribution in [2.24, 2.45) is 5.92 Å². The summed E-state index contributed by atoms with van der Waals surface area (Å²) in [4.78, 5) is 53.2. The van der Waals surface area contributed by atoms with Crippen molar-refractivity contribution in [1.82, 2.24) is 15.3 Å². The van der Waals surface area contributed by atoms with E-state index in [1.165, 1.54) is 14.0 Å². The lowest BCUT2D eigenvalue weighted by Crippen LogP contribution is -2.52. The molecule has 0 bridgehead atoms. The fourth-order valence-corrected chi connectivity index (χ4v) is 1.75. The first-order valence-corrected chi connectivity index (χ1v) is 6.97. The lowest BCUT2D eigenvalue weighted by molar-refractivity contribution is -0.199. The summed E-state index contributed by atoms with van der Waals surface area (Å²) < 4.78 is 21.9. The Morgan fingerprint density at radius 1 is 1.36 bits per heavy atom. The van der Waals surface area contributed by atoms with Crippen molar-refractivity contribution in [2.75, 3.05) is 14.0 Å². The number of hydrogen-bond acceptors (Lipinski definition) is 6. The van der Waals surface area contributed by atoms with Gasteiger partial charge in [0.25, 0.3) is 11.8 Å². The molecule has 1 aliphatic rings. The summed E-state index contributed by atoms with van der Waals surface area (Å²) in [6.07, 6.45) is -0.0730. The van der Waals surface area contributed by atoms with E-state index < -0.39 is 48.7 Å². The van der Waals surface area contributed by atoms with E-state index in [1.54, 1.807) is 13.8 Å². The molecule has 0 saturated carbocycles. The van der Waals surface area contributed by atoms with Gasteiger partial charge in [0.2, 0.25) is 5.91 Å². The molecule has 2 atom stereocenters. The Balaban J connectivity index is 2.79. The van der Waals surface area contributed by atoms with Crippen LogP contribution in [0.1, 0.15) is 37.7 Å². The second kappa shape index (κ2) is 7.35. The van der Waals surface area contributed by atoms with Crippen molar-refractivity contribution < 1.29 is 28.1 Å². The molecule has 124 valence electrons. The number of rotatable bonds is 6. The minimum atomic E-state index is -2.47. The van der Waals surface area contributed by atoms with Crippen LogP contribution in [-0.2, 0) is 24.0 Å². The maximum atomic E-state index is 12.3. The number of hydroxylamine groups is 2. The summed E-state index contributed by atoms with van der Waals surface area (Å²) in [6.45, 7) is 2.19. The highest BCUT2D eigenvalue weighted by Gasteiger charge is 2.36. The Bertz CT molecular complexity index is 548. The summed E-state index contributed by atoms with van der Waals surface area (Å²) in [6, 6.07) is -2.17. The molecule has 8 nitrogen and oxygen atoms in total. The maximum absolute atomic E-state index is 12.3. The van der Waals surface area contributed by atoms with E-state index in [-0.39, 0.29) is 12.8 Å². The first-order valence-electron chi connectivity index (χ1n) is 8.47. The molecule has 3 amide bonds. The molecular weight excluding hydrogens is 292 g/mol. The predicted octanol–water partition coefficient (Wildman–Crippen LogP) is -0.315. The summed E-state index contributed by atoms with van der Waals surface area (Å²) in [5.74, 6) is -3.30. The van der Waals surface area contributed by atoms with E-state index >= 15 is 0 Å². The molecule has 2 unspecified atom stereocenters. The summed E-state index contributed by atoms with van der Waals surface area (Å²) in [5.41, 5.74) is 0. The van der Waals surface area contributed by atoms with E-state index in [0.717, 1.165) is 4.90 Å². The minimum absolute atomic E-state index is 0.0365. The third kappa shape index (κ3) is 4.27. The molecular formula is C14H23N3O5. The Morgan fingerprint density at radius 2 is 1.91 bits per heavy atom. The third-order valence-electron chi connectivity index (χ3n) is 3.37. The molecule has 8 heteroatoms. The fraction of sp³-hybridized carbons (Fsp3) is 0.714. The normalized spacial score (nSPS) is 20.5. The van der Waals surface area contributed by atoms with Crippen LogP contribution < -0.4 is 5.32 Å². The average molecular weight is 318 g/mol. The van der Waals surface area contributed by atoms with E-state index in [4.69, 9.17) is 8.95 Å². The van der Waals surface area contributed by atoms with Crippen LogP contribution in [0.5, 0.6) is 0 Å². The smallest absolute Gasteiger partial charge is 0.341 e. The summed E-state index contributed by atoms with van der Waals surface area (Å²) in [5, 5.41) is 2.82. The predicted molar refractivity (Wildman–Crippen MR) is 77.1 cm³/mol. The first-order chi connectivity index (χ1) is 11.4. The zero-order chi connectivity index (χ0) is 19.5. The zero-order valence-electron chi connectivity index (χ0n) is 16.1. The highest BCUT2D eigenvalue weighted by molar-refractivity contribution is 6.02. The third-order valence-corrected chi connectivity index (χ3v) is 3.37. The molecule has 0 radical (unpaired) electrons. The Morgan fingerprint density at radius 3 is 2.36 bits per heavy atom. The minimum Gasteiger partial charge on any atom is -0.341 e.